The number of hydrogen-bond acceptors (Lipinski definition) is 4. The average molecular weight is 432 g/mol. The summed E-state index contributed by atoms with van der Waals surface area (Å²) in [5.74, 6) is 0.163. The predicted octanol–water partition coefficient (Wildman–Crippen LogP) is 3.14. The van der Waals surface area contributed by atoms with Gasteiger partial charge < -0.3 is 9.64 Å². The summed E-state index contributed by atoms with van der Waals surface area (Å²) in [5, 5.41) is 0. The Morgan fingerprint density at radius 3 is 2.48 bits per heavy atom. The van der Waals surface area contributed by atoms with Crippen molar-refractivity contribution in [2.75, 3.05) is 39.4 Å². The van der Waals surface area contributed by atoms with E-state index in [0.29, 0.717) is 13.0 Å². The molecule has 1 aromatic heterocycles. The number of carbonyl (C=O) groups excluding carboxylic acids is 1. The van der Waals surface area contributed by atoms with Crippen LogP contribution in [0, 0.1) is 0 Å². The topological polar surface area (TPSA) is 45.7 Å². The summed E-state index contributed by atoms with van der Waals surface area (Å²) in [6.45, 7) is 5.97. The number of pyridine rings is 1. The number of amides is 1. The molecular weight excluding hydrogens is 406 g/mol. The summed E-state index contributed by atoms with van der Waals surface area (Å²) >= 11 is 3.44. The predicted molar refractivity (Wildman–Crippen MR) is 109 cm³/mol. The Kier molecular flexibility index (Phi) is 7.80. The fourth-order valence-electron chi connectivity index (χ4n) is 3.20. The summed E-state index contributed by atoms with van der Waals surface area (Å²) < 4.78 is 6.43. The van der Waals surface area contributed by atoms with E-state index >= 15 is 0 Å². The van der Waals surface area contributed by atoms with Gasteiger partial charge in [-0.3, -0.25) is 14.7 Å². The lowest BCUT2D eigenvalue weighted by Crippen LogP contribution is -2.39. The molecule has 1 amide bonds. The highest BCUT2D eigenvalue weighted by atomic mass is 79.9. The number of morpholine rings is 1. The molecule has 0 spiro atoms. The first-order chi connectivity index (χ1) is 13.2. The van der Waals surface area contributed by atoms with Crippen molar-refractivity contribution in [3.63, 3.8) is 0 Å². The molecule has 1 aliphatic rings. The molecular formula is C21H26BrN3O2. The van der Waals surface area contributed by atoms with Crippen molar-refractivity contribution in [3.8, 4) is 0 Å². The van der Waals surface area contributed by atoms with Crippen LogP contribution in [0.1, 0.15) is 17.5 Å². The van der Waals surface area contributed by atoms with Crippen LogP contribution in [0.2, 0.25) is 0 Å². The van der Waals surface area contributed by atoms with Gasteiger partial charge in [-0.25, -0.2) is 0 Å². The summed E-state index contributed by atoms with van der Waals surface area (Å²) in [7, 11) is 0. The van der Waals surface area contributed by atoms with Gasteiger partial charge in [-0.2, -0.15) is 0 Å². The van der Waals surface area contributed by atoms with E-state index in [1.807, 2.05) is 41.3 Å². The first-order valence-electron chi connectivity index (χ1n) is 9.42. The van der Waals surface area contributed by atoms with Crippen molar-refractivity contribution >= 4 is 21.8 Å². The minimum Gasteiger partial charge on any atom is -0.379 e. The molecule has 144 valence electrons. The van der Waals surface area contributed by atoms with Gasteiger partial charge in [-0.05, 0) is 41.8 Å². The summed E-state index contributed by atoms with van der Waals surface area (Å²) in [6.07, 6.45) is 4.95. The van der Waals surface area contributed by atoms with Crippen molar-refractivity contribution in [2.45, 2.75) is 19.4 Å². The molecule has 6 heteroatoms. The van der Waals surface area contributed by atoms with E-state index in [9.17, 15) is 4.79 Å². The molecule has 3 rings (SSSR count). The number of benzene rings is 1. The van der Waals surface area contributed by atoms with Crippen LogP contribution in [-0.4, -0.2) is 60.1 Å². The second-order valence-electron chi connectivity index (χ2n) is 6.78. The van der Waals surface area contributed by atoms with Crippen LogP contribution in [0.25, 0.3) is 0 Å². The SMILES string of the molecule is O=C(Cc1ccc(Br)cc1)N(CCCN1CCOCC1)Cc1ccncc1. The monoisotopic (exact) mass is 431 g/mol. The first-order valence-corrected chi connectivity index (χ1v) is 10.2. The van der Waals surface area contributed by atoms with E-state index in [0.717, 1.165) is 61.4 Å². The van der Waals surface area contributed by atoms with Gasteiger partial charge in [0.2, 0.25) is 5.91 Å². The van der Waals surface area contributed by atoms with Crippen molar-refractivity contribution in [2.24, 2.45) is 0 Å². The van der Waals surface area contributed by atoms with E-state index in [1.165, 1.54) is 0 Å². The van der Waals surface area contributed by atoms with E-state index < -0.39 is 0 Å². The fraction of sp³-hybridized carbons (Fsp3) is 0.429. The van der Waals surface area contributed by atoms with Crippen LogP contribution in [0.4, 0.5) is 0 Å². The van der Waals surface area contributed by atoms with E-state index in [1.54, 1.807) is 12.4 Å². The van der Waals surface area contributed by atoms with Gasteiger partial charge in [0.1, 0.15) is 0 Å². The third-order valence-electron chi connectivity index (χ3n) is 4.75. The third-order valence-corrected chi connectivity index (χ3v) is 5.28. The average Bonchev–Trinajstić information content (AvgIpc) is 2.70. The Morgan fingerprint density at radius 1 is 1.07 bits per heavy atom. The molecule has 0 aliphatic carbocycles. The van der Waals surface area contributed by atoms with E-state index in [2.05, 4.69) is 25.8 Å². The summed E-state index contributed by atoms with van der Waals surface area (Å²) in [6, 6.07) is 11.9. The summed E-state index contributed by atoms with van der Waals surface area (Å²) in [4.78, 5) is 21.4. The van der Waals surface area contributed by atoms with Crippen LogP contribution in [0.3, 0.4) is 0 Å². The Labute approximate surface area is 169 Å². The number of halogens is 1. The zero-order valence-electron chi connectivity index (χ0n) is 15.5. The Balaban J connectivity index is 1.59. The highest BCUT2D eigenvalue weighted by molar-refractivity contribution is 9.10. The van der Waals surface area contributed by atoms with Gasteiger partial charge in [-0.15, -0.1) is 0 Å². The van der Waals surface area contributed by atoms with Gasteiger partial charge in [0.25, 0.3) is 0 Å². The van der Waals surface area contributed by atoms with Gasteiger partial charge in [0.15, 0.2) is 0 Å². The maximum atomic E-state index is 12.9. The molecule has 0 unspecified atom stereocenters. The number of carbonyl (C=O) groups is 1. The van der Waals surface area contributed by atoms with Crippen molar-refractivity contribution in [3.05, 3.63) is 64.4 Å². The third kappa shape index (κ3) is 6.72. The Morgan fingerprint density at radius 2 is 1.78 bits per heavy atom. The van der Waals surface area contributed by atoms with Crippen molar-refractivity contribution < 1.29 is 9.53 Å². The molecule has 2 aromatic rings. The molecule has 5 nitrogen and oxygen atoms in total. The minimum absolute atomic E-state index is 0.163. The molecule has 1 fully saturated rings. The fourth-order valence-corrected chi connectivity index (χ4v) is 3.46. The summed E-state index contributed by atoms with van der Waals surface area (Å²) in [5.41, 5.74) is 2.15. The van der Waals surface area contributed by atoms with Crippen LogP contribution in [0.5, 0.6) is 0 Å². The molecule has 2 heterocycles. The number of nitrogens with zero attached hydrogens (tertiary/aromatic N) is 3. The maximum absolute atomic E-state index is 12.9. The Bertz CT molecular complexity index is 703. The molecule has 0 radical (unpaired) electrons. The van der Waals surface area contributed by atoms with Crippen molar-refractivity contribution in [1.82, 2.24) is 14.8 Å². The van der Waals surface area contributed by atoms with Gasteiger partial charge >= 0.3 is 0 Å². The standard InChI is InChI=1S/C21H26BrN3O2/c22-20-4-2-18(3-5-20)16-21(26)25(17-19-6-8-23-9-7-19)11-1-10-24-12-14-27-15-13-24/h2-9H,1,10-17H2. The van der Waals surface area contributed by atoms with E-state index in [4.69, 9.17) is 4.74 Å². The number of rotatable bonds is 8. The molecule has 0 N–H and O–H groups in total. The number of hydrogen-bond donors (Lipinski definition) is 0. The quantitative estimate of drug-likeness (QED) is 0.643. The largest absolute Gasteiger partial charge is 0.379 e. The molecule has 0 atom stereocenters. The normalized spacial score (nSPS) is 14.9. The number of aromatic nitrogens is 1. The van der Waals surface area contributed by atoms with Crippen LogP contribution in [0.15, 0.2) is 53.3 Å². The first kappa shape index (κ1) is 20.0. The van der Waals surface area contributed by atoms with Gasteiger partial charge in [0, 0.05) is 49.6 Å². The Hall–Kier alpha value is -1.76. The lowest BCUT2D eigenvalue weighted by atomic mass is 10.1. The van der Waals surface area contributed by atoms with Crippen LogP contribution < -0.4 is 0 Å². The smallest absolute Gasteiger partial charge is 0.227 e. The van der Waals surface area contributed by atoms with Gasteiger partial charge in [-0.1, -0.05) is 28.1 Å². The molecule has 27 heavy (non-hydrogen) atoms. The van der Waals surface area contributed by atoms with Crippen LogP contribution in [-0.2, 0) is 22.5 Å². The van der Waals surface area contributed by atoms with Crippen LogP contribution >= 0.6 is 15.9 Å². The maximum Gasteiger partial charge on any atom is 0.227 e. The van der Waals surface area contributed by atoms with E-state index in [-0.39, 0.29) is 5.91 Å². The van der Waals surface area contributed by atoms with Gasteiger partial charge in [0.05, 0.1) is 19.6 Å². The highest BCUT2D eigenvalue weighted by Crippen LogP contribution is 2.13. The van der Waals surface area contributed by atoms with Crippen molar-refractivity contribution in [1.29, 1.82) is 0 Å². The zero-order valence-corrected chi connectivity index (χ0v) is 17.1. The molecule has 0 saturated carbocycles. The highest BCUT2D eigenvalue weighted by Gasteiger charge is 2.16. The number of ether oxygens (including phenoxy) is 1. The lowest BCUT2D eigenvalue weighted by molar-refractivity contribution is -0.131. The molecule has 1 aliphatic heterocycles. The minimum atomic E-state index is 0.163. The molecule has 0 bridgehead atoms. The second-order valence-corrected chi connectivity index (χ2v) is 7.70. The molecule has 1 saturated heterocycles. The lowest BCUT2D eigenvalue weighted by Gasteiger charge is -2.28. The zero-order chi connectivity index (χ0) is 18.9. The second kappa shape index (κ2) is 10.5. The molecule has 1 aromatic carbocycles.